The second-order valence-corrected chi connectivity index (χ2v) is 5.17. The smallest absolute Gasteiger partial charge is 0.250 e. The van der Waals surface area contributed by atoms with Gasteiger partial charge >= 0.3 is 0 Å². The Morgan fingerprint density at radius 1 is 1.35 bits per heavy atom. The minimum atomic E-state index is -0.509. The van der Waals surface area contributed by atoms with Crippen molar-refractivity contribution in [1.82, 2.24) is 15.5 Å². The Labute approximate surface area is 143 Å². The molecule has 1 saturated heterocycles. The Hall–Kier alpha value is -1.63. The molecule has 23 heavy (non-hydrogen) atoms. The molecular formula is C16H24ClN3O3. The number of hydrogen-bond donors (Lipinski definition) is 2. The van der Waals surface area contributed by atoms with Crippen molar-refractivity contribution in [2.24, 2.45) is 0 Å². The minimum absolute atomic E-state index is 0. The maximum atomic E-state index is 12.2. The number of ether oxygens (including phenoxy) is 1. The molecule has 0 radical (unpaired) electrons. The zero-order chi connectivity index (χ0) is 15.8. The summed E-state index contributed by atoms with van der Waals surface area (Å²) in [5, 5.41) is 5.75. The van der Waals surface area contributed by atoms with Crippen LogP contribution in [0, 0.1) is 0 Å². The highest BCUT2D eigenvalue weighted by atomic mass is 35.5. The fourth-order valence-corrected chi connectivity index (χ4v) is 2.30. The lowest BCUT2D eigenvalue weighted by Gasteiger charge is -2.24. The molecule has 1 fully saturated rings. The molecule has 0 saturated carbocycles. The third-order valence-electron chi connectivity index (χ3n) is 3.58. The van der Waals surface area contributed by atoms with E-state index < -0.39 is 6.10 Å². The first-order chi connectivity index (χ1) is 10.7. The van der Waals surface area contributed by atoms with Crippen LogP contribution in [0.1, 0.15) is 12.5 Å². The van der Waals surface area contributed by atoms with E-state index >= 15 is 0 Å². The van der Waals surface area contributed by atoms with Crippen molar-refractivity contribution >= 4 is 24.2 Å². The molecule has 1 aliphatic rings. The average Bonchev–Trinajstić information content (AvgIpc) is 2.59. The lowest BCUT2D eigenvalue weighted by Crippen LogP contribution is -2.50. The molecule has 1 aromatic rings. The Morgan fingerprint density at radius 2 is 2.09 bits per heavy atom. The molecule has 1 atom stereocenters. The van der Waals surface area contributed by atoms with Gasteiger partial charge in [-0.15, -0.1) is 12.4 Å². The second-order valence-electron chi connectivity index (χ2n) is 5.17. The van der Waals surface area contributed by atoms with Crippen LogP contribution in [0.25, 0.3) is 0 Å². The predicted octanol–water partition coefficient (Wildman–Crippen LogP) is 0.562. The van der Waals surface area contributed by atoms with Gasteiger partial charge in [0.05, 0.1) is 13.2 Å². The van der Waals surface area contributed by atoms with E-state index in [0.717, 1.165) is 12.1 Å². The summed E-state index contributed by atoms with van der Waals surface area (Å²) in [4.78, 5) is 25.9. The number of halogens is 1. The largest absolute Gasteiger partial charge is 0.366 e. The Morgan fingerprint density at radius 3 is 2.70 bits per heavy atom. The summed E-state index contributed by atoms with van der Waals surface area (Å²) in [5.41, 5.74) is 1.07. The van der Waals surface area contributed by atoms with E-state index in [1.165, 1.54) is 0 Å². The first-order valence-electron chi connectivity index (χ1n) is 7.62. The van der Waals surface area contributed by atoms with Gasteiger partial charge in [-0.3, -0.25) is 9.59 Å². The fourth-order valence-electron chi connectivity index (χ4n) is 2.30. The summed E-state index contributed by atoms with van der Waals surface area (Å²) >= 11 is 0. The summed E-state index contributed by atoms with van der Waals surface area (Å²) < 4.78 is 5.36. The van der Waals surface area contributed by atoms with Gasteiger partial charge < -0.3 is 20.3 Å². The molecule has 0 aliphatic carbocycles. The molecular weight excluding hydrogens is 318 g/mol. The van der Waals surface area contributed by atoms with Gasteiger partial charge in [-0.2, -0.15) is 0 Å². The highest BCUT2D eigenvalue weighted by molar-refractivity contribution is 5.87. The van der Waals surface area contributed by atoms with Crippen LogP contribution in [0.4, 0.5) is 0 Å². The summed E-state index contributed by atoms with van der Waals surface area (Å²) in [5.74, 6) is -0.334. The molecule has 0 aromatic heterocycles. The van der Waals surface area contributed by atoms with Crippen molar-refractivity contribution < 1.29 is 14.3 Å². The minimum Gasteiger partial charge on any atom is -0.366 e. The van der Waals surface area contributed by atoms with Crippen molar-refractivity contribution in [3.05, 3.63) is 35.9 Å². The zero-order valence-corrected chi connectivity index (χ0v) is 14.1. The first-order valence-corrected chi connectivity index (χ1v) is 7.62. The van der Waals surface area contributed by atoms with Crippen LogP contribution in [-0.2, 0) is 20.9 Å². The molecule has 2 rings (SSSR count). The van der Waals surface area contributed by atoms with Crippen molar-refractivity contribution in [2.75, 3.05) is 32.8 Å². The van der Waals surface area contributed by atoms with Crippen LogP contribution in [0.15, 0.2) is 30.3 Å². The van der Waals surface area contributed by atoms with Gasteiger partial charge in [-0.1, -0.05) is 30.3 Å². The van der Waals surface area contributed by atoms with E-state index in [1.807, 2.05) is 37.3 Å². The van der Waals surface area contributed by atoms with E-state index in [2.05, 4.69) is 10.6 Å². The van der Waals surface area contributed by atoms with Crippen LogP contribution in [-0.4, -0.2) is 55.6 Å². The number of carbonyl (C=O) groups is 2. The van der Waals surface area contributed by atoms with Crippen LogP contribution in [0.5, 0.6) is 0 Å². The molecule has 6 nitrogen and oxygen atoms in total. The molecule has 128 valence electrons. The third-order valence-corrected chi connectivity index (χ3v) is 3.58. The highest BCUT2D eigenvalue weighted by Gasteiger charge is 2.22. The lowest BCUT2D eigenvalue weighted by molar-refractivity contribution is -0.138. The first kappa shape index (κ1) is 19.4. The van der Waals surface area contributed by atoms with Crippen LogP contribution in [0.2, 0.25) is 0 Å². The number of nitrogens with zero attached hydrogens (tertiary/aromatic N) is 1. The zero-order valence-electron chi connectivity index (χ0n) is 13.3. The van der Waals surface area contributed by atoms with Gasteiger partial charge in [0.25, 0.3) is 5.91 Å². The second kappa shape index (κ2) is 10.2. The monoisotopic (exact) mass is 341 g/mol. The van der Waals surface area contributed by atoms with E-state index in [0.29, 0.717) is 26.2 Å². The molecule has 1 aromatic carbocycles. The van der Waals surface area contributed by atoms with Crippen molar-refractivity contribution in [1.29, 1.82) is 0 Å². The van der Waals surface area contributed by atoms with Crippen molar-refractivity contribution in [3.63, 3.8) is 0 Å². The predicted molar refractivity (Wildman–Crippen MR) is 90.4 cm³/mol. The number of carbonyl (C=O) groups excluding carboxylic acids is 2. The van der Waals surface area contributed by atoms with Gasteiger partial charge in [0.1, 0.15) is 6.10 Å². The maximum absolute atomic E-state index is 12.2. The van der Waals surface area contributed by atoms with Gasteiger partial charge in [0, 0.05) is 26.2 Å². The van der Waals surface area contributed by atoms with E-state index in [9.17, 15) is 9.59 Å². The summed E-state index contributed by atoms with van der Waals surface area (Å²) in [7, 11) is 0. The normalized spacial score (nSPS) is 17.0. The third kappa shape index (κ3) is 6.17. The molecule has 2 N–H and O–H groups in total. The quantitative estimate of drug-likeness (QED) is 0.793. The van der Waals surface area contributed by atoms with E-state index in [4.69, 9.17) is 4.74 Å². The van der Waals surface area contributed by atoms with Crippen molar-refractivity contribution in [3.8, 4) is 0 Å². The molecule has 7 heteroatoms. The summed E-state index contributed by atoms with van der Waals surface area (Å²) in [6, 6.07) is 9.80. The molecule has 2 amide bonds. The fraction of sp³-hybridized carbons (Fsp3) is 0.500. The lowest BCUT2D eigenvalue weighted by atomic mass is 10.2. The van der Waals surface area contributed by atoms with Gasteiger partial charge in [-0.05, 0) is 12.5 Å². The molecule has 1 heterocycles. The molecule has 0 spiro atoms. The molecule has 1 aliphatic heterocycles. The Bertz CT molecular complexity index is 493. The average molecular weight is 342 g/mol. The number of morpholine rings is 1. The maximum Gasteiger partial charge on any atom is 0.250 e. The van der Waals surface area contributed by atoms with E-state index in [1.54, 1.807) is 4.90 Å². The SMILES string of the molecule is CCN(Cc1ccccc1)C(=O)CNC(=O)C1CNCCO1.Cl. The summed E-state index contributed by atoms with van der Waals surface area (Å²) in [6.07, 6.45) is -0.509. The summed E-state index contributed by atoms with van der Waals surface area (Å²) in [6.45, 7) is 4.83. The van der Waals surface area contributed by atoms with Gasteiger partial charge in [-0.25, -0.2) is 0 Å². The molecule has 1 unspecified atom stereocenters. The van der Waals surface area contributed by atoms with Crippen molar-refractivity contribution in [2.45, 2.75) is 19.6 Å². The number of likely N-dealkylation sites (N-methyl/N-ethyl adjacent to an activating group) is 1. The number of benzene rings is 1. The van der Waals surface area contributed by atoms with Gasteiger partial charge in [0.2, 0.25) is 5.91 Å². The number of hydrogen-bond acceptors (Lipinski definition) is 4. The molecule has 0 bridgehead atoms. The van der Waals surface area contributed by atoms with Gasteiger partial charge in [0.15, 0.2) is 0 Å². The van der Waals surface area contributed by atoms with E-state index in [-0.39, 0.29) is 30.8 Å². The van der Waals surface area contributed by atoms with Crippen LogP contribution in [0.3, 0.4) is 0 Å². The topological polar surface area (TPSA) is 70.7 Å². The standard InChI is InChI=1S/C16H23N3O3.ClH/c1-2-19(12-13-6-4-3-5-7-13)15(20)11-18-16(21)14-10-17-8-9-22-14;/h3-7,14,17H,2,8-12H2,1H3,(H,18,21);1H. The number of amides is 2. The van der Waals surface area contributed by atoms with Crippen LogP contribution >= 0.6 is 12.4 Å². The number of nitrogens with one attached hydrogen (secondary N) is 2. The highest BCUT2D eigenvalue weighted by Crippen LogP contribution is 2.04. The Balaban J connectivity index is 0.00000264. The number of rotatable bonds is 6. The van der Waals surface area contributed by atoms with Crippen LogP contribution < -0.4 is 10.6 Å². The Kier molecular flexibility index (Phi) is 8.61.